The molecule has 148 valence electrons. The lowest BCUT2D eigenvalue weighted by molar-refractivity contribution is -0.152. The number of hydrogen-bond acceptors (Lipinski definition) is 3. The van der Waals surface area contributed by atoms with Gasteiger partial charge in [-0.3, -0.25) is 14.5 Å². The number of rotatable bonds is 4. The van der Waals surface area contributed by atoms with Gasteiger partial charge < -0.3 is 4.90 Å². The smallest absolute Gasteiger partial charge is 0.232 e. The molecule has 0 fully saturated rings. The maximum Gasteiger partial charge on any atom is 0.232 e. The minimum absolute atomic E-state index is 0.0983. The number of benzene rings is 2. The summed E-state index contributed by atoms with van der Waals surface area (Å²) in [7, 11) is 0. The zero-order valence-corrected chi connectivity index (χ0v) is 17.4. The molecule has 0 aromatic heterocycles. The standard InChI is InChI=1S/C24H30N2O2/c1-16(2)23(27)26(24(28)17(3)4)22-15-18(5)25(19-11-7-6-8-12-19)21-14-10-9-13-20(21)22/h6-14,16-18,22H,15H2,1-5H3. The Labute approximate surface area is 168 Å². The maximum atomic E-state index is 13.0. The Morgan fingerprint density at radius 1 is 0.893 bits per heavy atom. The molecule has 2 amide bonds. The van der Waals surface area contributed by atoms with Crippen molar-refractivity contribution in [1.29, 1.82) is 0 Å². The third-order valence-corrected chi connectivity index (χ3v) is 5.37. The molecule has 3 rings (SSSR count). The van der Waals surface area contributed by atoms with E-state index in [9.17, 15) is 9.59 Å². The first kappa shape index (κ1) is 20.1. The molecule has 0 saturated carbocycles. The van der Waals surface area contributed by atoms with Crippen molar-refractivity contribution in [1.82, 2.24) is 4.90 Å². The van der Waals surface area contributed by atoms with E-state index >= 15 is 0 Å². The first-order valence-electron chi connectivity index (χ1n) is 10.1. The zero-order chi connectivity index (χ0) is 20.4. The van der Waals surface area contributed by atoms with Crippen LogP contribution < -0.4 is 4.90 Å². The molecule has 4 nitrogen and oxygen atoms in total. The number of anilines is 2. The highest BCUT2D eigenvalue weighted by molar-refractivity contribution is 5.97. The number of imide groups is 1. The third kappa shape index (κ3) is 3.68. The first-order chi connectivity index (χ1) is 13.3. The van der Waals surface area contributed by atoms with Gasteiger partial charge in [0.15, 0.2) is 0 Å². The van der Waals surface area contributed by atoms with Crippen molar-refractivity contribution in [2.24, 2.45) is 11.8 Å². The molecule has 2 unspecified atom stereocenters. The molecule has 0 bridgehead atoms. The highest BCUT2D eigenvalue weighted by atomic mass is 16.2. The van der Waals surface area contributed by atoms with Gasteiger partial charge in [0, 0.05) is 29.3 Å². The Hall–Kier alpha value is -2.62. The predicted molar refractivity (Wildman–Crippen MR) is 113 cm³/mol. The summed E-state index contributed by atoms with van der Waals surface area (Å²) in [6.07, 6.45) is 0.711. The molecule has 0 spiro atoms. The molecule has 1 heterocycles. The van der Waals surface area contributed by atoms with Crippen molar-refractivity contribution in [3.8, 4) is 0 Å². The van der Waals surface area contributed by atoms with Gasteiger partial charge in [0.25, 0.3) is 0 Å². The van der Waals surface area contributed by atoms with Gasteiger partial charge in [0.1, 0.15) is 0 Å². The topological polar surface area (TPSA) is 40.6 Å². The van der Waals surface area contributed by atoms with Crippen molar-refractivity contribution >= 4 is 23.2 Å². The average molecular weight is 379 g/mol. The van der Waals surface area contributed by atoms with E-state index in [4.69, 9.17) is 0 Å². The molecule has 0 radical (unpaired) electrons. The number of fused-ring (bicyclic) bond motifs is 1. The van der Waals surface area contributed by atoms with Crippen LogP contribution in [0.4, 0.5) is 11.4 Å². The second-order valence-corrected chi connectivity index (χ2v) is 8.22. The van der Waals surface area contributed by atoms with Crippen molar-refractivity contribution in [2.45, 2.75) is 53.1 Å². The third-order valence-electron chi connectivity index (χ3n) is 5.37. The molecule has 2 aromatic rings. The molecular formula is C24H30N2O2. The molecule has 28 heavy (non-hydrogen) atoms. The van der Waals surface area contributed by atoms with Gasteiger partial charge in [-0.1, -0.05) is 64.1 Å². The van der Waals surface area contributed by atoms with Crippen LogP contribution in [0.15, 0.2) is 54.6 Å². The number of amides is 2. The van der Waals surface area contributed by atoms with Crippen LogP contribution in [0.25, 0.3) is 0 Å². The second kappa shape index (κ2) is 8.17. The van der Waals surface area contributed by atoms with Gasteiger partial charge in [0.2, 0.25) is 11.8 Å². The SMILES string of the molecule is CC(C)C(=O)N(C(=O)C(C)C)C1CC(C)N(c2ccccc2)c2ccccc21. The van der Waals surface area contributed by atoms with E-state index in [0.717, 1.165) is 16.9 Å². The van der Waals surface area contributed by atoms with Gasteiger partial charge in [-0.25, -0.2) is 0 Å². The fourth-order valence-electron chi connectivity index (χ4n) is 3.98. The highest BCUT2D eigenvalue weighted by Gasteiger charge is 2.39. The van der Waals surface area contributed by atoms with Crippen molar-refractivity contribution in [3.05, 3.63) is 60.2 Å². The summed E-state index contributed by atoms with van der Waals surface area (Å²) in [5.74, 6) is -0.646. The van der Waals surface area contributed by atoms with E-state index in [1.807, 2.05) is 58.0 Å². The molecule has 4 heteroatoms. The Morgan fingerprint density at radius 3 is 2.00 bits per heavy atom. The van der Waals surface area contributed by atoms with Crippen LogP contribution in [0.3, 0.4) is 0 Å². The van der Waals surface area contributed by atoms with Crippen LogP contribution in [0.2, 0.25) is 0 Å². The van der Waals surface area contributed by atoms with E-state index in [1.165, 1.54) is 4.90 Å². The van der Waals surface area contributed by atoms with Crippen molar-refractivity contribution in [3.63, 3.8) is 0 Å². The van der Waals surface area contributed by atoms with Gasteiger partial charge in [-0.15, -0.1) is 0 Å². The minimum atomic E-state index is -0.240. The van der Waals surface area contributed by atoms with Gasteiger partial charge in [-0.2, -0.15) is 0 Å². The molecule has 0 aliphatic carbocycles. The lowest BCUT2D eigenvalue weighted by Gasteiger charge is -2.44. The molecule has 1 aliphatic heterocycles. The Bertz CT molecular complexity index is 825. The molecule has 0 saturated heterocycles. The number of hydrogen-bond donors (Lipinski definition) is 0. The molecule has 2 aromatic carbocycles. The van der Waals surface area contributed by atoms with Crippen LogP contribution in [-0.2, 0) is 9.59 Å². The summed E-state index contributed by atoms with van der Waals surface area (Å²) in [5.41, 5.74) is 3.22. The van der Waals surface area contributed by atoms with Crippen LogP contribution >= 0.6 is 0 Å². The average Bonchev–Trinajstić information content (AvgIpc) is 2.68. The van der Waals surface area contributed by atoms with Crippen LogP contribution in [0.5, 0.6) is 0 Å². The van der Waals surface area contributed by atoms with Crippen LogP contribution in [0.1, 0.15) is 52.6 Å². The van der Waals surface area contributed by atoms with Gasteiger partial charge >= 0.3 is 0 Å². The number of carbonyl (C=O) groups is 2. The normalized spacial score (nSPS) is 18.9. The lowest BCUT2D eigenvalue weighted by atomic mass is 9.88. The fourth-order valence-corrected chi connectivity index (χ4v) is 3.98. The summed E-state index contributed by atoms with van der Waals surface area (Å²) in [6, 6.07) is 18.3. The Balaban J connectivity index is 2.11. The number of para-hydroxylation sites is 2. The number of carbonyl (C=O) groups excluding carboxylic acids is 2. The highest BCUT2D eigenvalue weighted by Crippen LogP contribution is 2.44. The largest absolute Gasteiger partial charge is 0.338 e. The minimum Gasteiger partial charge on any atom is -0.338 e. The van der Waals surface area contributed by atoms with Crippen molar-refractivity contribution < 1.29 is 9.59 Å². The Kier molecular flexibility index (Phi) is 5.87. The zero-order valence-electron chi connectivity index (χ0n) is 17.4. The van der Waals surface area contributed by atoms with E-state index in [0.29, 0.717) is 6.42 Å². The summed E-state index contributed by atoms with van der Waals surface area (Å²) >= 11 is 0. The fraction of sp³-hybridized carbons (Fsp3) is 0.417. The summed E-state index contributed by atoms with van der Waals surface area (Å²) < 4.78 is 0. The number of nitrogens with zero attached hydrogens (tertiary/aromatic N) is 2. The quantitative estimate of drug-likeness (QED) is 0.722. The first-order valence-corrected chi connectivity index (χ1v) is 10.1. The van der Waals surface area contributed by atoms with Crippen LogP contribution in [-0.4, -0.2) is 22.8 Å². The second-order valence-electron chi connectivity index (χ2n) is 8.22. The predicted octanol–water partition coefficient (Wildman–Crippen LogP) is 5.33. The molecular weight excluding hydrogens is 348 g/mol. The van der Waals surface area contributed by atoms with Crippen LogP contribution in [0, 0.1) is 11.8 Å². The van der Waals surface area contributed by atoms with E-state index in [2.05, 4.69) is 36.1 Å². The maximum absolute atomic E-state index is 13.0. The summed E-state index contributed by atoms with van der Waals surface area (Å²) in [4.78, 5) is 29.9. The van der Waals surface area contributed by atoms with Crippen molar-refractivity contribution in [2.75, 3.05) is 4.90 Å². The van der Waals surface area contributed by atoms with Gasteiger partial charge in [-0.05, 0) is 37.1 Å². The molecule has 1 aliphatic rings. The molecule has 2 atom stereocenters. The summed E-state index contributed by atoms with van der Waals surface area (Å²) in [5, 5.41) is 0. The van der Waals surface area contributed by atoms with Gasteiger partial charge in [0.05, 0.1) is 6.04 Å². The van der Waals surface area contributed by atoms with E-state index in [-0.39, 0.29) is 35.7 Å². The monoisotopic (exact) mass is 378 g/mol. The van der Waals surface area contributed by atoms with E-state index < -0.39 is 0 Å². The Morgan fingerprint density at radius 2 is 1.43 bits per heavy atom. The molecule has 0 N–H and O–H groups in total. The van der Waals surface area contributed by atoms with E-state index in [1.54, 1.807) is 0 Å². The lowest BCUT2D eigenvalue weighted by Crippen LogP contribution is -2.48. The summed E-state index contributed by atoms with van der Waals surface area (Å²) in [6.45, 7) is 9.59.